The Labute approximate surface area is 124 Å². The summed E-state index contributed by atoms with van der Waals surface area (Å²) in [6, 6.07) is 0. The van der Waals surface area contributed by atoms with Crippen LogP contribution in [-0.2, 0) is 9.16 Å². The van der Waals surface area contributed by atoms with Crippen LogP contribution in [-0.4, -0.2) is 37.7 Å². The van der Waals surface area contributed by atoms with E-state index in [1.165, 1.54) is 12.8 Å². The molecule has 118 valence electrons. The van der Waals surface area contributed by atoms with Gasteiger partial charge in [0.05, 0.1) is 0 Å². The zero-order chi connectivity index (χ0) is 15.4. The number of amides is 1. The van der Waals surface area contributed by atoms with Crippen LogP contribution >= 0.6 is 0 Å². The lowest BCUT2D eigenvalue weighted by Gasteiger charge is -2.37. The van der Waals surface area contributed by atoms with Crippen LogP contribution in [0.2, 0.25) is 19.6 Å². The molecule has 5 heteroatoms. The van der Waals surface area contributed by atoms with E-state index in [4.69, 9.17) is 9.16 Å². The molecule has 0 saturated carbocycles. The molecule has 0 aromatic heterocycles. The molecule has 1 aliphatic rings. The smallest absolute Gasteiger partial charge is 0.412 e. The van der Waals surface area contributed by atoms with E-state index in [-0.39, 0.29) is 12.3 Å². The van der Waals surface area contributed by atoms with Crippen molar-refractivity contribution in [2.24, 2.45) is 0 Å². The van der Waals surface area contributed by atoms with Crippen LogP contribution in [0.25, 0.3) is 0 Å². The highest BCUT2D eigenvalue weighted by Gasteiger charge is 2.32. The van der Waals surface area contributed by atoms with Gasteiger partial charge in [-0.3, -0.25) is 4.90 Å². The zero-order valence-corrected chi connectivity index (χ0v) is 15.0. The minimum absolute atomic E-state index is 0.114. The predicted octanol–water partition coefficient (Wildman–Crippen LogP) is 4.37. The summed E-state index contributed by atoms with van der Waals surface area (Å²) in [7, 11) is -1.68. The van der Waals surface area contributed by atoms with Gasteiger partial charge in [0.25, 0.3) is 0 Å². The molecule has 0 spiro atoms. The third kappa shape index (κ3) is 6.75. The first kappa shape index (κ1) is 17.5. The van der Waals surface area contributed by atoms with Gasteiger partial charge >= 0.3 is 6.09 Å². The number of carbonyl (C=O) groups excluding carboxylic acids is 1. The molecule has 0 bridgehead atoms. The van der Waals surface area contributed by atoms with Crippen molar-refractivity contribution in [3.05, 3.63) is 0 Å². The fourth-order valence-electron chi connectivity index (χ4n) is 2.31. The van der Waals surface area contributed by atoms with Crippen LogP contribution in [0.4, 0.5) is 4.79 Å². The van der Waals surface area contributed by atoms with Gasteiger partial charge in [-0.15, -0.1) is 0 Å². The lowest BCUT2D eigenvalue weighted by atomic mass is 10.1. The van der Waals surface area contributed by atoms with Gasteiger partial charge in [0.2, 0.25) is 0 Å². The van der Waals surface area contributed by atoms with Gasteiger partial charge in [0.1, 0.15) is 11.8 Å². The maximum atomic E-state index is 12.4. The van der Waals surface area contributed by atoms with Crippen molar-refractivity contribution in [2.45, 2.75) is 84.3 Å². The Bertz CT molecular complexity index is 320. The molecule has 1 atom stereocenters. The van der Waals surface area contributed by atoms with Crippen molar-refractivity contribution in [2.75, 3.05) is 6.54 Å². The fraction of sp³-hybridized carbons (Fsp3) is 0.933. The van der Waals surface area contributed by atoms with Crippen molar-refractivity contribution in [3.63, 3.8) is 0 Å². The average molecular weight is 302 g/mol. The number of ether oxygens (including phenoxy) is 1. The third-order valence-corrected chi connectivity index (χ3v) is 4.04. The third-order valence-electron chi connectivity index (χ3n) is 3.07. The molecule has 4 nitrogen and oxygen atoms in total. The first-order chi connectivity index (χ1) is 9.08. The van der Waals surface area contributed by atoms with E-state index in [1.54, 1.807) is 0 Å². The molecule has 0 radical (unpaired) electrons. The molecule has 1 saturated heterocycles. The van der Waals surface area contributed by atoms with Crippen LogP contribution in [0.15, 0.2) is 0 Å². The van der Waals surface area contributed by atoms with Crippen LogP contribution in [0.5, 0.6) is 0 Å². The van der Waals surface area contributed by atoms with Crippen molar-refractivity contribution in [3.8, 4) is 0 Å². The standard InChI is InChI=1S/C15H31NO3Si/c1-15(2,3)18-14(17)16-12-10-8-7-9-11-13(16)19-20(4,5)6/h13H,7-12H2,1-6H3. The van der Waals surface area contributed by atoms with Crippen LogP contribution in [0.1, 0.15) is 52.9 Å². The number of nitrogens with zero attached hydrogens (tertiary/aromatic N) is 1. The Morgan fingerprint density at radius 2 is 1.70 bits per heavy atom. The van der Waals surface area contributed by atoms with E-state index in [2.05, 4.69) is 19.6 Å². The average Bonchev–Trinajstić information content (AvgIpc) is 2.17. The minimum Gasteiger partial charge on any atom is -0.444 e. The van der Waals surface area contributed by atoms with E-state index in [0.717, 1.165) is 25.8 Å². The van der Waals surface area contributed by atoms with Crippen molar-refractivity contribution in [1.82, 2.24) is 4.90 Å². The molecule has 1 aliphatic heterocycles. The monoisotopic (exact) mass is 301 g/mol. The molecular weight excluding hydrogens is 270 g/mol. The van der Waals surface area contributed by atoms with Gasteiger partial charge in [-0.1, -0.05) is 12.8 Å². The summed E-state index contributed by atoms with van der Waals surface area (Å²) in [5.41, 5.74) is -0.455. The van der Waals surface area contributed by atoms with Gasteiger partial charge in [0, 0.05) is 6.54 Å². The summed E-state index contributed by atoms with van der Waals surface area (Å²) in [4.78, 5) is 14.2. The van der Waals surface area contributed by atoms with Crippen molar-refractivity contribution >= 4 is 14.4 Å². The molecule has 0 aliphatic carbocycles. The SMILES string of the molecule is CC(C)(C)OC(=O)N1CCCCCCC1O[Si](C)(C)C. The number of likely N-dealkylation sites (tertiary alicyclic amines) is 1. The Kier molecular flexibility index (Phi) is 6.07. The van der Waals surface area contributed by atoms with E-state index < -0.39 is 13.9 Å². The summed E-state index contributed by atoms with van der Waals surface area (Å²) in [5, 5.41) is 0. The first-order valence-electron chi connectivity index (χ1n) is 7.76. The van der Waals surface area contributed by atoms with Crippen LogP contribution in [0.3, 0.4) is 0 Å². The number of rotatable bonds is 2. The number of hydrogen-bond acceptors (Lipinski definition) is 3. The highest BCUT2D eigenvalue weighted by atomic mass is 28.4. The Hall–Kier alpha value is -0.553. The molecule has 1 rings (SSSR count). The topological polar surface area (TPSA) is 38.8 Å². The van der Waals surface area contributed by atoms with Crippen LogP contribution in [0, 0.1) is 0 Å². The van der Waals surface area contributed by atoms with Crippen LogP contribution < -0.4 is 0 Å². The molecule has 20 heavy (non-hydrogen) atoms. The summed E-state index contributed by atoms with van der Waals surface area (Å²) < 4.78 is 11.8. The van der Waals surface area contributed by atoms with Crippen molar-refractivity contribution in [1.29, 1.82) is 0 Å². The van der Waals surface area contributed by atoms with Gasteiger partial charge in [-0.2, -0.15) is 0 Å². The van der Waals surface area contributed by atoms with E-state index in [9.17, 15) is 4.79 Å². The van der Waals surface area contributed by atoms with Gasteiger partial charge in [0.15, 0.2) is 8.32 Å². The highest BCUT2D eigenvalue weighted by molar-refractivity contribution is 6.69. The second-order valence-corrected chi connectivity index (χ2v) is 12.0. The molecular formula is C15H31NO3Si. The lowest BCUT2D eigenvalue weighted by Crippen LogP contribution is -2.49. The number of hydrogen-bond donors (Lipinski definition) is 0. The first-order valence-corrected chi connectivity index (χ1v) is 11.2. The maximum Gasteiger partial charge on any atom is 0.412 e. The minimum atomic E-state index is -1.68. The lowest BCUT2D eigenvalue weighted by molar-refractivity contribution is -0.0295. The van der Waals surface area contributed by atoms with E-state index >= 15 is 0 Å². The molecule has 0 aromatic rings. The normalized spacial score (nSPS) is 22.1. The summed E-state index contributed by atoms with van der Waals surface area (Å²) in [5.74, 6) is 0. The molecule has 1 heterocycles. The fourth-order valence-corrected chi connectivity index (χ4v) is 3.38. The second-order valence-electron chi connectivity index (χ2n) is 7.56. The molecule has 1 amide bonds. The second kappa shape index (κ2) is 6.94. The van der Waals surface area contributed by atoms with Gasteiger partial charge in [-0.25, -0.2) is 4.79 Å². The largest absolute Gasteiger partial charge is 0.444 e. The molecule has 0 N–H and O–H groups in total. The van der Waals surface area contributed by atoms with Gasteiger partial charge in [-0.05, 0) is 59.7 Å². The molecule has 1 unspecified atom stereocenters. The quantitative estimate of drug-likeness (QED) is 0.711. The summed E-state index contributed by atoms with van der Waals surface area (Å²) in [6.45, 7) is 13.0. The van der Waals surface area contributed by atoms with Crippen molar-refractivity contribution < 1.29 is 14.0 Å². The predicted molar refractivity (Wildman–Crippen MR) is 84.2 cm³/mol. The van der Waals surface area contributed by atoms with E-state index in [1.807, 2.05) is 25.7 Å². The van der Waals surface area contributed by atoms with Gasteiger partial charge < -0.3 is 9.16 Å². The Morgan fingerprint density at radius 1 is 1.10 bits per heavy atom. The maximum absolute atomic E-state index is 12.4. The molecule has 0 aromatic carbocycles. The number of carbonyl (C=O) groups is 1. The Morgan fingerprint density at radius 3 is 2.25 bits per heavy atom. The zero-order valence-electron chi connectivity index (χ0n) is 14.0. The van der Waals surface area contributed by atoms with E-state index in [0.29, 0.717) is 0 Å². The molecule has 1 fully saturated rings. The summed E-state index contributed by atoms with van der Waals surface area (Å²) >= 11 is 0. The Balaban J connectivity index is 2.79. The summed E-state index contributed by atoms with van der Waals surface area (Å²) in [6.07, 6.45) is 5.13. The highest BCUT2D eigenvalue weighted by Crippen LogP contribution is 2.23.